The zero-order valence-corrected chi connectivity index (χ0v) is 14.1. The van der Waals surface area contributed by atoms with Gasteiger partial charge in [-0.1, -0.05) is 18.2 Å². The molecule has 0 radical (unpaired) electrons. The molecule has 0 spiro atoms. The highest BCUT2D eigenvalue weighted by Gasteiger charge is 2.31. The molecule has 3 rings (SSSR count). The Morgan fingerprint density at radius 3 is 2.96 bits per heavy atom. The Labute approximate surface area is 142 Å². The standard InChI is InChI=1S/C17H23N3O2.ClH/c1-22-11-13(18)17(21)20-9-5-4-8-16(20)15-10-12-6-2-3-7-14(12)19-15;/h2-3,6-7,10,13,16,19H,4-5,8-9,11,18H2,1H3;1H. The summed E-state index contributed by atoms with van der Waals surface area (Å²) < 4.78 is 5.02. The third-order valence-electron chi connectivity index (χ3n) is 4.36. The average molecular weight is 338 g/mol. The van der Waals surface area contributed by atoms with Gasteiger partial charge >= 0.3 is 0 Å². The van der Waals surface area contributed by atoms with E-state index in [0.717, 1.165) is 37.0 Å². The van der Waals surface area contributed by atoms with Crippen LogP contribution in [0.15, 0.2) is 30.3 Å². The van der Waals surface area contributed by atoms with Crippen molar-refractivity contribution in [1.82, 2.24) is 9.88 Å². The first-order valence-corrected chi connectivity index (χ1v) is 7.83. The van der Waals surface area contributed by atoms with Gasteiger partial charge in [-0.2, -0.15) is 0 Å². The topological polar surface area (TPSA) is 71.3 Å². The van der Waals surface area contributed by atoms with Gasteiger partial charge in [0, 0.05) is 24.9 Å². The highest BCUT2D eigenvalue weighted by atomic mass is 35.5. The van der Waals surface area contributed by atoms with Crippen LogP contribution < -0.4 is 5.73 Å². The number of carbonyl (C=O) groups is 1. The Morgan fingerprint density at radius 1 is 1.43 bits per heavy atom. The van der Waals surface area contributed by atoms with Gasteiger partial charge in [0.05, 0.1) is 12.6 Å². The van der Waals surface area contributed by atoms with Crippen LogP contribution in [0.2, 0.25) is 0 Å². The molecule has 2 aromatic rings. The van der Waals surface area contributed by atoms with Crippen LogP contribution in [0.25, 0.3) is 10.9 Å². The lowest BCUT2D eigenvalue weighted by molar-refractivity contribution is -0.137. The van der Waals surface area contributed by atoms with Gasteiger partial charge in [-0.25, -0.2) is 0 Å². The van der Waals surface area contributed by atoms with Crippen molar-refractivity contribution in [1.29, 1.82) is 0 Å². The molecular formula is C17H24ClN3O2. The lowest BCUT2D eigenvalue weighted by atomic mass is 9.98. The number of para-hydroxylation sites is 1. The van der Waals surface area contributed by atoms with Crippen molar-refractivity contribution in [3.63, 3.8) is 0 Å². The molecule has 0 aliphatic carbocycles. The first kappa shape index (κ1) is 17.8. The molecule has 2 heterocycles. The van der Waals surface area contributed by atoms with Crippen LogP contribution in [0.5, 0.6) is 0 Å². The fraction of sp³-hybridized carbons (Fsp3) is 0.471. The molecule has 1 aromatic carbocycles. The summed E-state index contributed by atoms with van der Waals surface area (Å²) in [5.41, 5.74) is 8.15. The van der Waals surface area contributed by atoms with E-state index in [1.165, 1.54) is 5.39 Å². The first-order valence-electron chi connectivity index (χ1n) is 7.83. The van der Waals surface area contributed by atoms with Crippen molar-refractivity contribution >= 4 is 29.2 Å². The number of carbonyl (C=O) groups excluding carboxylic acids is 1. The normalized spacial score (nSPS) is 19.4. The molecule has 1 saturated heterocycles. The van der Waals surface area contributed by atoms with Crippen LogP contribution in [0.1, 0.15) is 31.0 Å². The maximum Gasteiger partial charge on any atom is 0.242 e. The van der Waals surface area contributed by atoms with Gasteiger partial charge in [0.2, 0.25) is 5.91 Å². The second-order valence-electron chi connectivity index (χ2n) is 5.92. The van der Waals surface area contributed by atoms with Crippen LogP contribution in [0, 0.1) is 0 Å². The maximum absolute atomic E-state index is 12.6. The number of likely N-dealkylation sites (tertiary alicyclic amines) is 1. The minimum atomic E-state index is -0.588. The predicted molar refractivity (Wildman–Crippen MR) is 93.7 cm³/mol. The molecule has 2 unspecified atom stereocenters. The first-order chi connectivity index (χ1) is 10.7. The summed E-state index contributed by atoms with van der Waals surface area (Å²) in [4.78, 5) is 18.0. The smallest absolute Gasteiger partial charge is 0.242 e. The van der Waals surface area contributed by atoms with Gasteiger partial charge in [-0.05, 0) is 36.8 Å². The number of amides is 1. The van der Waals surface area contributed by atoms with Crippen molar-refractivity contribution in [2.75, 3.05) is 20.3 Å². The summed E-state index contributed by atoms with van der Waals surface area (Å²) in [5.74, 6) is -0.0230. The van der Waals surface area contributed by atoms with Crippen molar-refractivity contribution in [3.8, 4) is 0 Å². The minimum Gasteiger partial charge on any atom is -0.383 e. The van der Waals surface area contributed by atoms with Gasteiger partial charge in [0.15, 0.2) is 0 Å². The Balaban J connectivity index is 0.00000192. The molecule has 1 aliphatic rings. The van der Waals surface area contributed by atoms with Crippen molar-refractivity contribution in [2.45, 2.75) is 31.3 Å². The van der Waals surface area contributed by atoms with Gasteiger partial charge in [-0.3, -0.25) is 4.79 Å². The number of aromatic nitrogens is 1. The Hall–Kier alpha value is -1.56. The van der Waals surface area contributed by atoms with Crippen LogP contribution in [-0.4, -0.2) is 42.1 Å². The highest BCUT2D eigenvalue weighted by Crippen LogP contribution is 2.32. The summed E-state index contributed by atoms with van der Waals surface area (Å²) >= 11 is 0. The summed E-state index contributed by atoms with van der Waals surface area (Å²) in [7, 11) is 1.57. The van der Waals surface area contributed by atoms with E-state index in [-0.39, 0.29) is 31.0 Å². The van der Waals surface area contributed by atoms with Gasteiger partial charge in [0.1, 0.15) is 6.04 Å². The van der Waals surface area contributed by atoms with Crippen molar-refractivity contribution < 1.29 is 9.53 Å². The van der Waals surface area contributed by atoms with Crippen LogP contribution in [0.3, 0.4) is 0 Å². The number of piperidine rings is 1. The van der Waals surface area contributed by atoms with Crippen molar-refractivity contribution in [2.24, 2.45) is 5.73 Å². The lowest BCUT2D eigenvalue weighted by Gasteiger charge is -2.36. The number of aromatic amines is 1. The number of nitrogens with zero attached hydrogens (tertiary/aromatic N) is 1. The quantitative estimate of drug-likeness (QED) is 0.900. The van der Waals surface area contributed by atoms with Gasteiger partial charge < -0.3 is 20.4 Å². The van der Waals surface area contributed by atoms with E-state index >= 15 is 0 Å². The number of nitrogens with two attached hydrogens (primary N) is 1. The second kappa shape index (κ2) is 7.81. The maximum atomic E-state index is 12.6. The number of rotatable bonds is 4. The minimum absolute atomic E-state index is 0. The molecule has 5 nitrogen and oxygen atoms in total. The molecule has 0 saturated carbocycles. The van der Waals surface area contributed by atoms with E-state index in [0.29, 0.717) is 0 Å². The number of halogens is 1. The number of fused-ring (bicyclic) bond motifs is 1. The summed E-state index contributed by atoms with van der Waals surface area (Å²) in [5, 5.41) is 1.18. The Bertz CT molecular complexity index is 625. The van der Waals surface area contributed by atoms with E-state index in [1.807, 2.05) is 17.0 Å². The third kappa shape index (κ3) is 3.68. The third-order valence-corrected chi connectivity index (χ3v) is 4.36. The second-order valence-corrected chi connectivity index (χ2v) is 5.92. The molecule has 1 aromatic heterocycles. The molecule has 1 aliphatic heterocycles. The summed E-state index contributed by atoms with van der Waals surface area (Å²) in [6.07, 6.45) is 3.13. The molecule has 2 atom stereocenters. The molecule has 23 heavy (non-hydrogen) atoms. The van der Waals surface area contributed by atoms with E-state index in [9.17, 15) is 4.79 Å². The zero-order chi connectivity index (χ0) is 15.5. The Kier molecular flexibility index (Phi) is 6.04. The van der Waals surface area contributed by atoms with Gasteiger partial charge in [0.25, 0.3) is 0 Å². The fourth-order valence-electron chi connectivity index (χ4n) is 3.26. The van der Waals surface area contributed by atoms with Crippen LogP contribution in [0.4, 0.5) is 0 Å². The molecular weight excluding hydrogens is 314 g/mol. The number of hydrogen-bond acceptors (Lipinski definition) is 3. The largest absolute Gasteiger partial charge is 0.383 e. The predicted octanol–water partition coefficient (Wildman–Crippen LogP) is 2.62. The van der Waals surface area contributed by atoms with E-state index in [1.54, 1.807) is 7.11 Å². The van der Waals surface area contributed by atoms with E-state index < -0.39 is 6.04 Å². The number of benzene rings is 1. The fourth-order valence-corrected chi connectivity index (χ4v) is 3.26. The number of H-pyrrole nitrogens is 1. The highest BCUT2D eigenvalue weighted by molar-refractivity contribution is 5.85. The molecule has 1 fully saturated rings. The molecule has 3 N–H and O–H groups in total. The molecule has 126 valence electrons. The lowest BCUT2D eigenvalue weighted by Crippen LogP contribution is -2.49. The molecule has 6 heteroatoms. The zero-order valence-electron chi connectivity index (χ0n) is 13.3. The number of hydrogen-bond donors (Lipinski definition) is 2. The molecule has 1 amide bonds. The summed E-state index contributed by atoms with van der Waals surface area (Å²) in [6.45, 7) is 1.02. The average Bonchev–Trinajstić information content (AvgIpc) is 2.98. The SMILES string of the molecule is COCC(N)C(=O)N1CCCCC1c1cc2ccccc2[nH]1.Cl. The van der Waals surface area contributed by atoms with E-state index in [4.69, 9.17) is 10.5 Å². The number of methoxy groups -OCH3 is 1. The molecule has 0 bridgehead atoms. The van der Waals surface area contributed by atoms with Gasteiger partial charge in [-0.15, -0.1) is 12.4 Å². The summed E-state index contributed by atoms with van der Waals surface area (Å²) in [6, 6.07) is 9.82. The van der Waals surface area contributed by atoms with Crippen molar-refractivity contribution in [3.05, 3.63) is 36.0 Å². The van der Waals surface area contributed by atoms with Crippen LogP contribution in [-0.2, 0) is 9.53 Å². The van der Waals surface area contributed by atoms with E-state index in [2.05, 4.69) is 23.2 Å². The number of ether oxygens (including phenoxy) is 1. The number of nitrogens with one attached hydrogen (secondary N) is 1. The monoisotopic (exact) mass is 337 g/mol. The Morgan fingerprint density at radius 2 is 2.22 bits per heavy atom. The van der Waals surface area contributed by atoms with Crippen LogP contribution >= 0.6 is 12.4 Å².